The summed E-state index contributed by atoms with van der Waals surface area (Å²) < 4.78 is 6.78. The highest BCUT2D eigenvalue weighted by atomic mass is 16.3. The first kappa shape index (κ1) is 16.8. The Hall–Kier alpha value is -3.67. The van der Waals surface area contributed by atoms with E-state index in [0.717, 1.165) is 11.0 Å². The van der Waals surface area contributed by atoms with Gasteiger partial charge in [0.15, 0.2) is 0 Å². The fourth-order valence-corrected chi connectivity index (χ4v) is 2.93. The number of aromatic nitrogens is 2. The molecule has 4 rings (SSSR count). The molecule has 1 N–H and O–H groups in total. The zero-order valence-electron chi connectivity index (χ0n) is 14.7. The van der Waals surface area contributed by atoms with Gasteiger partial charge >= 0.3 is 0 Å². The summed E-state index contributed by atoms with van der Waals surface area (Å²) in [4.78, 5) is 29.4. The van der Waals surface area contributed by atoms with E-state index >= 15 is 0 Å². The lowest BCUT2D eigenvalue weighted by molar-refractivity contribution is 0.0948. The van der Waals surface area contributed by atoms with Gasteiger partial charge in [0, 0.05) is 18.2 Å². The van der Waals surface area contributed by atoms with E-state index in [0.29, 0.717) is 29.1 Å². The van der Waals surface area contributed by atoms with Gasteiger partial charge in [-0.25, -0.2) is 4.98 Å². The van der Waals surface area contributed by atoms with Crippen LogP contribution in [0.25, 0.3) is 22.3 Å². The van der Waals surface area contributed by atoms with Gasteiger partial charge in [0.1, 0.15) is 11.5 Å². The minimum Gasteiger partial charge on any atom is -0.467 e. The second-order valence-corrected chi connectivity index (χ2v) is 6.15. The van der Waals surface area contributed by atoms with E-state index in [1.165, 1.54) is 0 Å². The molecule has 1 amide bonds. The number of amides is 1. The topological polar surface area (TPSA) is 77.1 Å². The quantitative estimate of drug-likeness (QED) is 0.607. The minimum atomic E-state index is -0.211. The molecule has 0 radical (unpaired) electrons. The maximum absolute atomic E-state index is 12.6. The Bertz CT molecular complexity index is 1160. The zero-order chi connectivity index (χ0) is 18.8. The van der Waals surface area contributed by atoms with Crippen LogP contribution in [0.4, 0.5) is 0 Å². The Balaban J connectivity index is 1.61. The molecule has 6 nitrogen and oxygen atoms in total. The molecule has 0 saturated heterocycles. The predicted octanol–water partition coefficient (Wildman–Crippen LogP) is 3.12. The van der Waals surface area contributed by atoms with E-state index in [-0.39, 0.29) is 11.5 Å². The van der Waals surface area contributed by atoms with Crippen molar-refractivity contribution in [3.8, 4) is 11.3 Å². The van der Waals surface area contributed by atoms with Crippen molar-refractivity contribution in [2.75, 3.05) is 0 Å². The monoisotopic (exact) mass is 359 g/mol. The largest absolute Gasteiger partial charge is 0.467 e. The third kappa shape index (κ3) is 3.25. The Kier molecular flexibility index (Phi) is 4.30. The highest BCUT2D eigenvalue weighted by Gasteiger charge is 2.12. The molecule has 0 bridgehead atoms. The predicted molar refractivity (Wildman–Crippen MR) is 102 cm³/mol. The zero-order valence-corrected chi connectivity index (χ0v) is 14.7. The number of carbonyl (C=O) groups excluding carboxylic acids is 1. The Morgan fingerprint density at radius 2 is 1.85 bits per heavy atom. The molecule has 2 heterocycles. The molecule has 0 saturated carbocycles. The molecular weight excluding hydrogens is 342 g/mol. The number of furan rings is 1. The number of hydrogen-bond donors (Lipinski definition) is 1. The molecule has 6 heteroatoms. The number of benzene rings is 2. The molecule has 0 fully saturated rings. The molecule has 4 aromatic rings. The first-order valence-corrected chi connectivity index (χ1v) is 8.50. The second kappa shape index (κ2) is 6.92. The number of nitrogens with zero attached hydrogens (tertiary/aromatic N) is 2. The summed E-state index contributed by atoms with van der Waals surface area (Å²) in [5.41, 5.74) is 2.88. The molecular formula is C21H17N3O3. The van der Waals surface area contributed by atoms with Crippen molar-refractivity contribution in [2.45, 2.75) is 6.54 Å². The number of para-hydroxylation sites is 2. The van der Waals surface area contributed by atoms with E-state index in [4.69, 9.17) is 4.42 Å². The SMILES string of the molecule is Cn1c(=O)c(-c2ccc(C(=O)NCc3ccco3)cc2)nc2ccccc21. The van der Waals surface area contributed by atoms with Crippen molar-refractivity contribution < 1.29 is 9.21 Å². The van der Waals surface area contributed by atoms with Gasteiger partial charge in [0.05, 0.1) is 23.8 Å². The first-order valence-electron chi connectivity index (χ1n) is 8.50. The van der Waals surface area contributed by atoms with E-state index in [9.17, 15) is 9.59 Å². The third-order valence-electron chi connectivity index (χ3n) is 4.41. The molecule has 0 aliphatic carbocycles. The Morgan fingerprint density at radius 3 is 2.59 bits per heavy atom. The number of nitrogens with one attached hydrogen (secondary N) is 1. The summed E-state index contributed by atoms with van der Waals surface area (Å²) in [5.74, 6) is 0.473. The number of rotatable bonds is 4. The van der Waals surface area contributed by atoms with Crippen LogP contribution in [0.3, 0.4) is 0 Å². The fraction of sp³-hybridized carbons (Fsp3) is 0.0952. The highest BCUT2D eigenvalue weighted by molar-refractivity contribution is 5.94. The lowest BCUT2D eigenvalue weighted by atomic mass is 10.1. The average Bonchev–Trinajstić information content (AvgIpc) is 3.23. The van der Waals surface area contributed by atoms with E-state index in [1.54, 1.807) is 54.3 Å². The first-order chi connectivity index (χ1) is 13.1. The molecule has 0 spiro atoms. The molecule has 2 aromatic carbocycles. The van der Waals surface area contributed by atoms with Crippen molar-refractivity contribution in [1.82, 2.24) is 14.9 Å². The fourth-order valence-electron chi connectivity index (χ4n) is 2.93. The van der Waals surface area contributed by atoms with Crippen LogP contribution in [-0.4, -0.2) is 15.5 Å². The maximum Gasteiger partial charge on any atom is 0.277 e. The van der Waals surface area contributed by atoms with Crippen molar-refractivity contribution in [2.24, 2.45) is 7.05 Å². The third-order valence-corrected chi connectivity index (χ3v) is 4.41. The standard InChI is InChI=1S/C21H17N3O3/c1-24-18-7-3-2-6-17(18)23-19(21(24)26)14-8-10-15(11-9-14)20(25)22-13-16-5-4-12-27-16/h2-12H,13H2,1H3,(H,22,25). The van der Waals surface area contributed by atoms with E-state index < -0.39 is 0 Å². The van der Waals surface area contributed by atoms with Gasteiger partial charge in [-0.3, -0.25) is 9.59 Å². The van der Waals surface area contributed by atoms with Gasteiger partial charge in [0.25, 0.3) is 11.5 Å². The Labute approximate surface area is 155 Å². The summed E-state index contributed by atoms with van der Waals surface area (Å²) in [6.45, 7) is 0.320. The highest BCUT2D eigenvalue weighted by Crippen LogP contribution is 2.18. The number of carbonyl (C=O) groups is 1. The van der Waals surface area contributed by atoms with Crippen LogP contribution in [-0.2, 0) is 13.6 Å². The van der Waals surface area contributed by atoms with Gasteiger partial charge < -0.3 is 14.3 Å². The summed E-state index contributed by atoms with van der Waals surface area (Å²) in [6, 6.07) is 17.9. The maximum atomic E-state index is 12.6. The normalized spacial score (nSPS) is 10.9. The Morgan fingerprint density at radius 1 is 1.07 bits per heavy atom. The van der Waals surface area contributed by atoms with Crippen molar-refractivity contribution in [1.29, 1.82) is 0 Å². The number of hydrogen-bond acceptors (Lipinski definition) is 4. The van der Waals surface area contributed by atoms with Crippen molar-refractivity contribution >= 4 is 16.9 Å². The molecule has 0 aliphatic rings. The minimum absolute atomic E-state index is 0.177. The van der Waals surface area contributed by atoms with E-state index in [2.05, 4.69) is 10.3 Å². The molecule has 134 valence electrons. The number of aryl methyl sites for hydroxylation is 1. The van der Waals surface area contributed by atoms with Crippen LogP contribution >= 0.6 is 0 Å². The summed E-state index contributed by atoms with van der Waals surface area (Å²) in [7, 11) is 1.73. The van der Waals surface area contributed by atoms with Gasteiger partial charge in [0.2, 0.25) is 0 Å². The molecule has 0 unspecified atom stereocenters. The number of fused-ring (bicyclic) bond motifs is 1. The van der Waals surface area contributed by atoms with E-state index in [1.807, 2.05) is 24.3 Å². The van der Waals surface area contributed by atoms with Gasteiger partial charge in [-0.05, 0) is 36.4 Å². The van der Waals surface area contributed by atoms with Crippen molar-refractivity contribution in [3.63, 3.8) is 0 Å². The molecule has 0 atom stereocenters. The molecule has 0 aliphatic heterocycles. The molecule has 27 heavy (non-hydrogen) atoms. The average molecular weight is 359 g/mol. The summed E-state index contributed by atoms with van der Waals surface area (Å²) in [6.07, 6.45) is 1.56. The van der Waals surface area contributed by atoms with Crippen LogP contribution in [0.5, 0.6) is 0 Å². The second-order valence-electron chi connectivity index (χ2n) is 6.15. The van der Waals surface area contributed by atoms with Gasteiger partial charge in [-0.1, -0.05) is 24.3 Å². The summed E-state index contributed by atoms with van der Waals surface area (Å²) in [5, 5.41) is 2.79. The van der Waals surface area contributed by atoms with Crippen molar-refractivity contribution in [3.05, 3.63) is 88.6 Å². The summed E-state index contributed by atoms with van der Waals surface area (Å²) >= 11 is 0. The van der Waals surface area contributed by atoms with Crippen LogP contribution in [0.15, 0.2) is 76.1 Å². The molecule has 2 aromatic heterocycles. The van der Waals surface area contributed by atoms with Gasteiger partial charge in [-0.2, -0.15) is 0 Å². The van der Waals surface area contributed by atoms with Crippen LogP contribution in [0, 0.1) is 0 Å². The lowest BCUT2D eigenvalue weighted by Gasteiger charge is -2.08. The van der Waals surface area contributed by atoms with Crippen LogP contribution < -0.4 is 10.9 Å². The van der Waals surface area contributed by atoms with Crippen LogP contribution in [0.1, 0.15) is 16.1 Å². The lowest BCUT2D eigenvalue weighted by Crippen LogP contribution is -2.22. The smallest absolute Gasteiger partial charge is 0.277 e. The van der Waals surface area contributed by atoms with Gasteiger partial charge in [-0.15, -0.1) is 0 Å². The van der Waals surface area contributed by atoms with Crippen LogP contribution in [0.2, 0.25) is 0 Å².